The molecule has 3 N–H and O–H groups in total. The third kappa shape index (κ3) is 2.44. The predicted molar refractivity (Wildman–Crippen MR) is 84.0 cm³/mol. The van der Waals surface area contributed by atoms with E-state index in [-0.39, 0.29) is 5.56 Å². The van der Waals surface area contributed by atoms with E-state index in [1.165, 1.54) is 17.2 Å². The Kier molecular flexibility index (Phi) is 3.29. The fraction of sp³-hybridized carbons (Fsp3) is 0.235. The van der Waals surface area contributed by atoms with Gasteiger partial charge in [-0.25, -0.2) is 4.79 Å². The number of hydrogen-bond acceptors (Lipinski definition) is 3. The quantitative estimate of drug-likeness (QED) is 0.846. The third-order valence-corrected chi connectivity index (χ3v) is 4.14. The van der Waals surface area contributed by atoms with Crippen LogP contribution in [0.2, 0.25) is 0 Å². The second-order valence-corrected chi connectivity index (χ2v) is 5.56. The summed E-state index contributed by atoms with van der Waals surface area (Å²) in [5.41, 5.74) is 10.4. The number of nitrogen functional groups attached to an aromatic ring is 1. The average molecular weight is 282 g/mol. The first-order valence-corrected chi connectivity index (χ1v) is 6.98. The van der Waals surface area contributed by atoms with Crippen LogP contribution in [0, 0.1) is 0 Å². The van der Waals surface area contributed by atoms with Crippen molar-refractivity contribution in [1.82, 2.24) is 0 Å². The molecule has 108 valence electrons. The van der Waals surface area contributed by atoms with Crippen LogP contribution in [0.4, 0.5) is 11.4 Å². The molecule has 2 aromatic carbocycles. The zero-order valence-corrected chi connectivity index (χ0v) is 11.9. The lowest BCUT2D eigenvalue weighted by atomic mass is 9.77. The molecule has 0 heterocycles. The highest BCUT2D eigenvalue weighted by Crippen LogP contribution is 2.36. The Morgan fingerprint density at radius 3 is 2.76 bits per heavy atom. The van der Waals surface area contributed by atoms with E-state index in [2.05, 4.69) is 29.2 Å². The number of hydrogen-bond donors (Lipinski definition) is 2. The van der Waals surface area contributed by atoms with Crippen LogP contribution in [-0.2, 0) is 6.42 Å². The number of anilines is 2. The van der Waals surface area contributed by atoms with Crippen molar-refractivity contribution in [3.8, 4) is 0 Å². The van der Waals surface area contributed by atoms with Crippen molar-refractivity contribution in [1.29, 1.82) is 0 Å². The van der Waals surface area contributed by atoms with Crippen LogP contribution in [0.1, 0.15) is 27.4 Å². The zero-order chi connectivity index (χ0) is 15.0. The van der Waals surface area contributed by atoms with Crippen LogP contribution in [0.5, 0.6) is 0 Å². The number of likely N-dealkylation sites (N-methyl/N-ethyl adjacent to an activating group) is 1. The topological polar surface area (TPSA) is 66.6 Å². The molecule has 0 saturated carbocycles. The molecule has 2 aromatic rings. The molecule has 3 rings (SSSR count). The van der Waals surface area contributed by atoms with Crippen LogP contribution in [-0.4, -0.2) is 24.7 Å². The second kappa shape index (κ2) is 5.13. The van der Waals surface area contributed by atoms with Crippen molar-refractivity contribution in [3.05, 3.63) is 59.2 Å². The Labute approximate surface area is 123 Å². The lowest BCUT2D eigenvalue weighted by molar-refractivity contribution is 0.0697. The molecule has 0 spiro atoms. The molecule has 4 heteroatoms. The highest BCUT2D eigenvalue weighted by atomic mass is 16.4. The summed E-state index contributed by atoms with van der Waals surface area (Å²) in [5, 5.41) is 8.97. The SMILES string of the molecule is CN(CC1Cc2ccccc21)c1ccc(C(=O)O)cc1N. The summed E-state index contributed by atoms with van der Waals surface area (Å²) in [4.78, 5) is 13.0. The van der Waals surface area contributed by atoms with Gasteiger partial charge in [0.2, 0.25) is 0 Å². The molecule has 0 aromatic heterocycles. The van der Waals surface area contributed by atoms with Crippen molar-refractivity contribution < 1.29 is 9.90 Å². The fourth-order valence-electron chi connectivity index (χ4n) is 2.99. The zero-order valence-electron chi connectivity index (χ0n) is 11.9. The Morgan fingerprint density at radius 1 is 1.33 bits per heavy atom. The van der Waals surface area contributed by atoms with Gasteiger partial charge >= 0.3 is 5.97 Å². The molecule has 1 aliphatic carbocycles. The first-order chi connectivity index (χ1) is 10.1. The number of rotatable bonds is 4. The molecule has 1 aliphatic rings. The minimum Gasteiger partial charge on any atom is -0.478 e. The number of aromatic carboxylic acids is 1. The van der Waals surface area contributed by atoms with Crippen LogP contribution in [0.25, 0.3) is 0 Å². The van der Waals surface area contributed by atoms with Crippen LogP contribution in [0.3, 0.4) is 0 Å². The minimum absolute atomic E-state index is 0.221. The number of nitrogens with two attached hydrogens (primary N) is 1. The first-order valence-electron chi connectivity index (χ1n) is 6.98. The summed E-state index contributed by atoms with van der Waals surface area (Å²) in [7, 11) is 1.99. The molecule has 1 unspecified atom stereocenters. The summed E-state index contributed by atoms with van der Waals surface area (Å²) in [6, 6.07) is 13.4. The Morgan fingerprint density at radius 2 is 2.10 bits per heavy atom. The lowest BCUT2D eigenvalue weighted by Gasteiger charge is -2.34. The van der Waals surface area contributed by atoms with Crippen molar-refractivity contribution in [3.63, 3.8) is 0 Å². The van der Waals surface area contributed by atoms with Crippen molar-refractivity contribution >= 4 is 17.3 Å². The van der Waals surface area contributed by atoms with E-state index >= 15 is 0 Å². The predicted octanol–water partition coefficient (Wildman–Crippen LogP) is 2.74. The van der Waals surface area contributed by atoms with Crippen LogP contribution >= 0.6 is 0 Å². The molecular formula is C17H18N2O2. The van der Waals surface area contributed by atoms with Gasteiger partial charge in [0.05, 0.1) is 16.9 Å². The monoisotopic (exact) mass is 282 g/mol. The van der Waals surface area contributed by atoms with E-state index in [1.54, 1.807) is 12.1 Å². The molecular weight excluding hydrogens is 264 g/mol. The highest BCUT2D eigenvalue weighted by Gasteiger charge is 2.26. The molecule has 21 heavy (non-hydrogen) atoms. The van der Waals surface area contributed by atoms with E-state index in [0.29, 0.717) is 11.6 Å². The fourth-order valence-corrected chi connectivity index (χ4v) is 2.99. The standard InChI is InChI=1S/C17H18N2O2/c1-19(10-13-8-11-4-2-3-5-14(11)13)16-7-6-12(17(20)21)9-15(16)18/h2-7,9,13H,8,10,18H2,1H3,(H,20,21). The minimum atomic E-state index is -0.955. The highest BCUT2D eigenvalue weighted by molar-refractivity contribution is 5.90. The largest absolute Gasteiger partial charge is 0.478 e. The molecule has 0 saturated heterocycles. The van der Waals surface area contributed by atoms with Crippen molar-refractivity contribution in [2.45, 2.75) is 12.3 Å². The molecule has 0 aliphatic heterocycles. The number of carboxylic acids is 1. The van der Waals surface area contributed by atoms with Gasteiger partial charge in [0.15, 0.2) is 0 Å². The van der Waals surface area contributed by atoms with Gasteiger partial charge in [0.25, 0.3) is 0 Å². The number of fused-ring (bicyclic) bond motifs is 1. The van der Waals surface area contributed by atoms with Crippen LogP contribution in [0.15, 0.2) is 42.5 Å². The van der Waals surface area contributed by atoms with Crippen LogP contribution < -0.4 is 10.6 Å². The molecule has 0 amide bonds. The molecule has 1 atom stereocenters. The van der Waals surface area contributed by atoms with E-state index in [1.807, 2.05) is 7.05 Å². The molecule has 4 nitrogen and oxygen atoms in total. The van der Waals surface area contributed by atoms with Gasteiger partial charge in [-0.15, -0.1) is 0 Å². The van der Waals surface area contributed by atoms with Gasteiger partial charge in [0.1, 0.15) is 0 Å². The Hall–Kier alpha value is -2.49. The maximum atomic E-state index is 10.9. The van der Waals surface area contributed by atoms with Gasteiger partial charge in [-0.05, 0) is 35.7 Å². The normalized spacial score (nSPS) is 16.0. The number of carbonyl (C=O) groups is 1. The maximum absolute atomic E-state index is 10.9. The Balaban J connectivity index is 1.75. The lowest BCUT2D eigenvalue weighted by Crippen LogP contribution is -2.31. The van der Waals surface area contributed by atoms with Gasteiger partial charge in [-0.3, -0.25) is 0 Å². The Bertz CT molecular complexity index is 697. The summed E-state index contributed by atoms with van der Waals surface area (Å²) in [5.74, 6) is -0.437. The van der Waals surface area contributed by atoms with Gasteiger partial charge in [0, 0.05) is 19.5 Å². The van der Waals surface area contributed by atoms with Gasteiger partial charge in [-0.2, -0.15) is 0 Å². The summed E-state index contributed by atoms with van der Waals surface area (Å²) >= 11 is 0. The molecule has 0 bridgehead atoms. The van der Waals surface area contributed by atoms with E-state index in [9.17, 15) is 4.79 Å². The molecule has 0 radical (unpaired) electrons. The average Bonchev–Trinajstić information content (AvgIpc) is 2.44. The van der Waals surface area contributed by atoms with Gasteiger partial charge in [-0.1, -0.05) is 24.3 Å². The van der Waals surface area contributed by atoms with E-state index < -0.39 is 5.97 Å². The number of benzene rings is 2. The van der Waals surface area contributed by atoms with Crippen molar-refractivity contribution in [2.24, 2.45) is 0 Å². The smallest absolute Gasteiger partial charge is 0.335 e. The van der Waals surface area contributed by atoms with Crippen molar-refractivity contribution in [2.75, 3.05) is 24.2 Å². The number of carboxylic acid groups (broad SMARTS) is 1. The van der Waals surface area contributed by atoms with E-state index in [0.717, 1.165) is 18.7 Å². The third-order valence-electron chi connectivity index (χ3n) is 4.14. The van der Waals surface area contributed by atoms with Gasteiger partial charge < -0.3 is 15.7 Å². The first kappa shape index (κ1) is 13.5. The summed E-state index contributed by atoms with van der Waals surface area (Å²) < 4.78 is 0. The second-order valence-electron chi connectivity index (χ2n) is 5.56. The van der Waals surface area contributed by atoms with E-state index in [4.69, 9.17) is 10.8 Å². The maximum Gasteiger partial charge on any atom is 0.335 e. The summed E-state index contributed by atoms with van der Waals surface area (Å²) in [6.45, 7) is 0.883. The molecule has 0 fully saturated rings. The number of nitrogens with zero attached hydrogens (tertiary/aromatic N) is 1. The summed E-state index contributed by atoms with van der Waals surface area (Å²) in [6.07, 6.45) is 1.09.